The standard InChI is InChI=1S/C12H18N6O2/c1-7-3-8(4-19)20-12(7)18-6-16-9-10(17(2)13)14-5-15-11(9)18/h5-8,12,19H,3-4,13H2,1-2H3/t7-,8-,12?/m0/s1. The van der Waals surface area contributed by atoms with Gasteiger partial charge >= 0.3 is 0 Å². The van der Waals surface area contributed by atoms with E-state index in [2.05, 4.69) is 21.9 Å². The molecule has 0 saturated carbocycles. The fraction of sp³-hybridized carbons (Fsp3) is 0.583. The summed E-state index contributed by atoms with van der Waals surface area (Å²) < 4.78 is 7.72. The second kappa shape index (κ2) is 4.97. The maximum Gasteiger partial charge on any atom is 0.174 e. The van der Waals surface area contributed by atoms with Gasteiger partial charge in [0.2, 0.25) is 0 Å². The van der Waals surface area contributed by atoms with Crippen LogP contribution in [0.1, 0.15) is 19.6 Å². The minimum Gasteiger partial charge on any atom is -0.394 e. The Hall–Kier alpha value is -1.77. The largest absolute Gasteiger partial charge is 0.394 e. The highest BCUT2D eigenvalue weighted by atomic mass is 16.5. The number of imidazole rings is 1. The average molecular weight is 278 g/mol. The first-order valence-corrected chi connectivity index (χ1v) is 6.54. The molecule has 0 bridgehead atoms. The van der Waals surface area contributed by atoms with Crippen molar-refractivity contribution >= 4 is 17.0 Å². The molecule has 0 spiro atoms. The molecular weight excluding hydrogens is 260 g/mol. The molecule has 1 fully saturated rings. The lowest BCUT2D eigenvalue weighted by molar-refractivity contribution is -0.0294. The number of fused-ring (bicyclic) bond motifs is 1. The molecule has 1 unspecified atom stereocenters. The van der Waals surface area contributed by atoms with Crippen molar-refractivity contribution in [2.24, 2.45) is 11.8 Å². The monoisotopic (exact) mass is 278 g/mol. The summed E-state index contributed by atoms with van der Waals surface area (Å²) in [6.45, 7) is 2.11. The normalized spacial score (nSPS) is 26.3. The van der Waals surface area contributed by atoms with Crippen LogP contribution in [0.3, 0.4) is 0 Å². The predicted molar refractivity (Wildman–Crippen MR) is 72.7 cm³/mol. The number of hydrogen-bond acceptors (Lipinski definition) is 7. The quantitative estimate of drug-likeness (QED) is 0.604. The number of hydrogen-bond donors (Lipinski definition) is 2. The van der Waals surface area contributed by atoms with Crippen molar-refractivity contribution in [2.75, 3.05) is 18.7 Å². The highest BCUT2D eigenvalue weighted by Crippen LogP contribution is 2.35. The molecule has 2 aromatic rings. The summed E-state index contributed by atoms with van der Waals surface area (Å²) >= 11 is 0. The first-order chi connectivity index (χ1) is 9.61. The van der Waals surface area contributed by atoms with E-state index >= 15 is 0 Å². The molecule has 3 heterocycles. The lowest BCUT2D eigenvalue weighted by atomic mass is 10.1. The molecule has 108 valence electrons. The number of rotatable bonds is 3. The Labute approximate surface area is 116 Å². The summed E-state index contributed by atoms with van der Waals surface area (Å²) in [6, 6.07) is 0. The number of nitrogens with zero attached hydrogens (tertiary/aromatic N) is 5. The summed E-state index contributed by atoms with van der Waals surface area (Å²) in [5, 5.41) is 10.6. The number of aromatic nitrogens is 4. The van der Waals surface area contributed by atoms with Crippen molar-refractivity contribution in [3.05, 3.63) is 12.7 Å². The summed E-state index contributed by atoms with van der Waals surface area (Å²) in [4.78, 5) is 12.8. The number of nitrogens with two attached hydrogens (primary N) is 1. The number of ether oxygens (including phenoxy) is 1. The molecule has 8 nitrogen and oxygen atoms in total. The molecule has 2 aromatic heterocycles. The predicted octanol–water partition coefficient (Wildman–Crippen LogP) is 0.0521. The van der Waals surface area contributed by atoms with Crippen molar-refractivity contribution in [3.8, 4) is 0 Å². The van der Waals surface area contributed by atoms with Gasteiger partial charge in [-0.1, -0.05) is 6.92 Å². The van der Waals surface area contributed by atoms with Crippen LogP contribution < -0.4 is 10.9 Å². The molecule has 1 aliphatic heterocycles. The highest BCUT2D eigenvalue weighted by molar-refractivity contribution is 5.82. The Morgan fingerprint density at radius 1 is 1.50 bits per heavy atom. The van der Waals surface area contributed by atoms with Crippen molar-refractivity contribution in [1.82, 2.24) is 19.5 Å². The van der Waals surface area contributed by atoms with Gasteiger partial charge in [-0.3, -0.25) is 9.58 Å². The zero-order chi connectivity index (χ0) is 14.3. The van der Waals surface area contributed by atoms with Gasteiger partial charge in [0.05, 0.1) is 19.0 Å². The Balaban J connectivity index is 2.03. The van der Waals surface area contributed by atoms with Crippen LogP contribution in [0.2, 0.25) is 0 Å². The van der Waals surface area contributed by atoms with Crippen LogP contribution in [0, 0.1) is 5.92 Å². The van der Waals surface area contributed by atoms with E-state index in [-0.39, 0.29) is 24.9 Å². The molecule has 0 aliphatic carbocycles. The third-order valence-electron chi connectivity index (χ3n) is 3.60. The van der Waals surface area contributed by atoms with Crippen molar-refractivity contribution in [3.63, 3.8) is 0 Å². The molecule has 8 heteroatoms. The van der Waals surface area contributed by atoms with Crippen LogP contribution in [-0.4, -0.2) is 44.4 Å². The Bertz CT molecular complexity index is 613. The van der Waals surface area contributed by atoms with E-state index in [4.69, 9.17) is 10.6 Å². The summed E-state index contributed by atoms with van der Waals surface area (Å²) in [7, 11) is 1.71. The number of anilines is 1. The molecule has 3 atom stereocenters. The minimum atomic E-state index is -0.178. The zero-order valence-corrected chi connectivity index (χ0v) is 11.5. The highest BCUT2D eigenvalue weighted by Gasteiger charge is 2.34. The Morgan fingerprint density at radius 2 is 2.30 bits per heavy atom. The number of hydrazine groups is 1. The van der Waals surface area contributed by atoms with E-state index in [9.17, 15) is 5.11 Å². The van der Waals surface area contributed by atoms with E-state index in [0.29, 0.717) is 17.0 Å². The summed E-state index contributed by atoms with van der Waals surface area (Å²) in [6.07, 6.45) is 3.65. The lowest BCUT2D eigenvalue weighted by Gasteiger charge is -2.17. The van der Waals surface area contributed by atoms with Gasteiger partial charge in [0.15, 0.2) is 17.0 Å². The maximum atomic E-state index is 9.23. The second-order valence-corrected chi connectivity index (χ2v) is 5.18. The smallest absolute Gasteiger partial charge is 0.174 e. The topological polar surface area (TPSA) is 102 Å². The molecule has 1 saturated heterocycles. The fourth-order valence-corrected chi connectivity index (χ4v) is 2.66. The van der Waals surface area contributed by atoms with Crippen LogP contribution in [0.25, 0.3) is 11.2 Å². The van der Waals surface area contributed by atoms with E-state index < -0.39 is 0 Å². The SMILES string of the molecule is C[C@H]1C[C@@H](CO)OC1n1cnc2c(N(C)N)ncnc21. The van der Waals surface area contributed by atoms with Crippen LogP contribution in [-0.2, 0) is 4.74 Å². The summed E-state index contributed by atoms with van der Waals surface area (Å²) in [5.41, 5.74) is 1.32. The zero-order valence-electron chi connectivity index (χ0n) is 11.5. The van der Waals surface area contributed by atoms with Crippen molar-refractivity contribution in [1.29, 1.82) is 0 Å². The van der Waals surface area contributed by atoms with E-state index in [1.165, 1.54) is 11.3 Å². The molecule has 0 aromatic carbocycles. The summed E-state index contributed by atoms with van der Waals surface area (Å²) in [5.74, 6) is 6.59. The van der Waals surface area contributed by atoms with Gasteiger partial charge in [0, 0.05) is 13.0 Å². The van der Waals surface area contributed by atoms with E-state index in [1.54, 1.807) is 13.4 Å². The Kier molecular flexibility index (Phi) is 3.28. The van der Waals surface area contributed by atoms with Gasteiger partial charge in [-0.25, -0.2) is 20.8 Å². The first kappa shape index (κ1) is 13.2. The van der Waals surface area contributed by atoms with Gasteiger partial charge in [-0.2, -0.15) is 0 Å². The third-order valence-corrected chi connectivity index (χ3v) is 3.60. The van der Waals surface area contributed by atoms with Gasteiger partial charge in [0.25, 0.3) is 0 Å². The molecule has 3 rings (SSSR count). The lowest BCUT2D eigenvalue weighted by Crippen LogP contribution is -2.26. The third kappa shape index (κ3) is 2.01. The molecule has 0 amide bonds. The number of aliphatic hydroxyl groups excluding tert-OH is 1. The van der Waals surface area contributed by atoms with Crippen molar-refractivity contribution in [2.45, 2.75) is 25.7 Å². The Morgan fingerprint density at radius 3 is 2.95 bits per heavy atom. The van der Waals surface area contributed by atoms with Gasteiger partial charge < -0.3 is 9.84 Å². The maximum absolute atomic E-state index is 9.23. The molecule has 1 aliphatic rings. The minimum absolute atomic E-state index is 0.0270. The van der Waals surface area contributed by atoms with Crippen LogP contribution in [0.4, 0.5) is 5.82 Å². The molecule has 20 heavy (non-hydrogen) atoms. The van der Waals surface area contributed by atoms with Crippen molar-refractivity contribution < 1.29 is 9.84 Å². The molecular formula is C12H18N6O2. The number of aliphatic hydroxyl groups is 1. The van der Waals surface area contributed by atoms with Gasteiger partial charge in [0.1, 0.15) is 12.6 Å². The van der Waals surface area contributed by atoms with E-state index in [1.807, 2.05) is 4.57 Å². The molecule has 0 radical (unpaired) electrons. The fourth-order valence-electron chi connectivity index (χ4n) is 2.66. The second-order valence-electron chi connectivity index (χ2n) is 5.18. The molecule has 3 N–H and O–H groups in total. The van der Waals surface area contributed by atoms with Crippen LogP contribution >= 0.6 is 0 Å². The van der Waals surface area contributed by atoms with Crippen LogP contribution in [0.5, 0.6) is 0 Å². The van der Waals surface area contributed by atoms with E-state index in [0.717, 1.165) is 6.42 Å². The first-order valence-electron chi connectivity index (χ1n) is 6.54. The van der Waals surface area contributed by atoms with Gasteiger partial charge in [-0.05, 0) is 6.42 Å². The average Bonchev–Trinajstić information content (AvgIpc) is 3.01. The van der Waals surface area contributed by atoms with Crippen LogP contribution in [0.15, 0.2) is 12.7 Å². The van der Waals surface area contributed by atoms with Gasteiger partial charge in [-0.15, -0.1) is 0 Å².